The fourth-order valence-electron chi connectivity index (χ4n) is 2.27. The predicted molar refractivity (Wildman–Crippen MR) is 55.4 cm³/mol. The summed E-state index contributed by atoms with van der Waals surface area (Å²) in [5, 5.41) is 12.4. The van der Waals surface area contributed by atoms with E-state index in [0.29, 0.717) is 6.10 Å². The highest BCUT2D eigenvalue weighted by molar-refractivity contribution is 5.16. The Morgan fingerprint density at radius 1 is 1.60 bits per heavy atom. The van der Waals surface area contributed by atoms with Crippen LogP contribution in [0.1, 0.15) is 25.7 Å². The van der Waals surface area contributed by atoms with Gasteiger partial charge in [0.25, 0.3) is 0 Å². The number of nitrogens with zero attached hydrogens (tertiary/aromatic N) is 1. The number of rotatable bonds is 4. The summed E-state index contributed by atoms with van der Waals surface area (Å²) in [6, 6.07) is 2.36. The third-order valence-corrected chi connectivity index (χ3v) is 3.39. The molecule has 0 aromatic rings. The number of methoxy groups -OCH3 is 1. The Hall–Kier alpha value is -0.630. The van der Waals surface area contributed by atoms with Crippen molar-refractivity contribution in [1.82, 2.24) is 5.32 Å². The highest BCUT2D eigenvalue weighted by atomic mass is 16.5. The molecule has 0 bridgehead atoms. The van der Waals surface area contributed by atoms with E-state index >= 15 is 0 Å². The van der Waals surface area contributed by atoms with Crippen LogP contribution in [0.2, 0.25) is 0 Å². The zero-order valence-corrected chi connectivity index (χ0v) is 9.16. The molecule has 1 saturated heterocycles. The summed E-state index contributed by atoms with van der Waals surface area (Å²) in [5.41, 5.74) is -0.355. The molecule has 1 heterocycles. The second-order valence-corrected chi connectivity index (χ2v) is 4.48. The van der Waals surface area contributed by atoms with E-state index in [4.69, 9.17) is 14.7 Å². The number of nitriles is 1. The minimum atomic E-state index is -0.355. The average molecular weight is 210 g/mol. The molecule has 0 spiro atoms. The third kappa shape index (κ3) is 2.31. The fourth-order valence-corrected chi connectivity index (χ4v) is 2.27. The van der Waals surface area contributed by atoms with Gasteiger partial charge in [0, 0.05) is 33.1 Å². The fraction of sp³-hybridized carbons (Fsp3) is 0.909. The van der Waals surface area contributed by atoms with Crippen molar-refractivity contribution in [2.45, 2.75) is 43.4 Å². The van der Waals surface area contributed by atoms with Crippen molar-refractivity contribution in [2.24, 2.45) is 0 Å². The van der Waals surface area contributed by atoms with Crippen LogP contribution >= 0.6 is 0 Å². The zero-order valence-electron chi connectivity index (χ0n) is 9.16. The SMILES string of the molecule is COC1CC(C#N)(NCC2CCCO2)C1. The van der Waals surface area contributed by atoms with Gasteiger partial charge in [0.05, 0.1) is 18.3 Å². The molecule has 0 aromatic carbocycles. The predicted octanol–water partition coefficient (Wildman–Crippen LogP) is 0.826. The first-order chi connectivity index (χ1) is 7.28. The van der Waals surface area contributed by atoms with Gasteiger partial charge < -0.3 is 9.47 Å². The van der Waals surface area contributed by atoms with E-state index in [9.17, 15) is 0 Å². The monoisotopic (exact) mass is 210 g/mol. The molecule has 84 valence electrons. The highest BCUT2D eigenvalue weighted by Crippen LogP contribution is 2.33. The number of hydrogen-bond donors (Lipinski definition) is 1. The molecule has 15 heavy (non-hydrogen) atoms. The van der Waals surface area contributed by atoms with Gasteiger partial charge in [0.15, 0.2) is 0 Å². The van der Waals surface area contributed by atoms with Crippen molar-refractivity contribution >= 4 is 0 Å². The second kappa shape index (κ2) is 4.48. The molecule has 1 unspecified atom stereocenters. The van der Waals surface area contributed by atoms with Crippen LogP contribution in [-0.4, -0.2) is 38.0 Å². The Bertz CT molecular complexity index is 250. The van der Waals surface area contributed by atoms with E-state index in [1.54, 1.807) is 7.11 Å². The topological polar surface area (TPSA) is 54.3 Å². The Morgan fingerprint density at radius 2 is 2.40 bits per heavy atom. The normalized spacial score (nSPS) is 39.7. The molecule has 0 aromatic heterocycles. The van der Waals surface area contributed by atoms with Crippen molar-refractivity contribution in [2.75, 3.05) is 20.3 Å². The average Bonchev–Trinajstić information content (AvgIpc) is 2.70. The van der Waals surface area contributed by atoms with Gasteiger partial charge in [-0.2, -0.15) is 5.26 Å². The summed E-state index contributed by atoms with van der Waals surface area (Å²) >= 11 is 0. The molecule has 1 aliphatic heterocycles. The van der Waals surface area contributed by atoms with Gasteiger partial charge in [-0.25, -0.2) is 0 Å². The largest absolute Gasteiger partial charge is 0.381 e. The molecule has 1 atom stereocenters. The maximum atomic E-state index is 9.11. The summed E-state index contributed by atoms with van der Waals surface area (Å²) in [5.74, 6) is 0. The van der Waals surface area contributed by atoms with Gasteiger partial charge in [0.2, 0.25) is 0 Å². The van der Waals surface area contributed by atoms with Crippen LogP contribution < -0.4 is 5.32 Å². The van der Waals surface area contributed by atoms with E-state index in [0.717, 1.165) is 38.8 Å². The first-order valence-corrected chi connectivity index (χ1v) is 5.59. The molecule has 0 amide bonds. The van der Waals surface area contributed by atoms with Crippen LogP contribution in [0.4, 0.5) is 0 Å². The molecule has 4 heteroatoms. The lowest BCUT2D eigenvalue weighted by Crippen LogP contribution is -2.58. The Kier molecular flexibility index (Phi) is 3.25. The maximum absolute atomic E-state index is 9.11. The van der Waals surface area contributed by atoms with Crippen LogP contribution in [-0.2, 0) is 9.47 Å². The lowest BCUT2D eigenvalue weighted by molar-refractivity contribution is -0.0128. The van der Waals surface area contributed by atoms with Crippen molar-refractivity contribution in [3.05, 3.63) is 0 Å². The molecule has 2 aliphatic rings. The minimum absolute atomic E-state index is 0.252. The summed E-state index contributed by atoms with van der Waals surface area (Å²) in [6.45, 7) is 1.66. The summed E-state index contributed by atoms with van der Waals surface area (Å²) in [7, 11) is 1.70. The first kappa shape index (κ1) is 10.9. The second-order valence-electron chi connectivity index (χ2n) is 4.48. The maximum Gasteiger partial charge on any atom is 0.111 e. The number of nitrogens with one attached hydrogen (secondary N) is 1. The standard InChI is InChI=1S/C11H18N2O2/c1-14-10-5-11(6-10,8-12)13-7-9-3-2-4-15-9/h9-10,13H,2-7H2,1H3. The van der Waals surface area contributed by atoms with Gasteiger partial charge in [0.1, 0.15) is 5.54 Å². The van der Waals surface area contributed by atoms with E-state index in [1.807, 2.05) is 0 Å². The van der Waals surface area contributed by atoms with Crippen LogP contribution in [0, 0.1) is 11.3 Å². The molecule has 4 nitrogen and oxygen atoms in total. The van der Waals surface area contributed by atoms with E-state index in [-0.39, 0.29) is 11.6 Å². The number of hydrogen-bond acceptors (Lipinski definition) is 4. The summed E-state index contributed by atoms with van der Waals surface area (Å²) in [6.07, 6.45) is 4.41. The van der Waals surface area contributed by atoms with E-state index in [2.05, 4.69) is 11.4 Å². The smallest absolute Gasteiger partial charge is 0.111 e. The Morgan fingerprint density at radius 3 is 2.93 bits per heavy atom. The molecule has 2 fully saturated rings. The molecule has 0 radical (unpaired) electrons. The first-order valence-electron chi connectivity index (χ1n) is 5.59. The molecular formula is C11H18N2O2. The van der Waals surface area contributed by atoms with Gasteiger partial charge in [-0.15, -0.1) is 0 Å². The lowest BCUT2D eigenvalue weighted by atomic mass is 9.75. The van der Waals surface area contributed by atoms with Gasteiger partial charge in [-0.1, -0.05) is 0 Å². The molecule has 1 saturated carbocycles. The third-order valence-electron chi connectivity index (χ3n) is 3.39. The van der Waals surface area contributed by atoms with Crippen LogP contribution in [0.5, 0.6) is 0 Å². The molecule has 1 N–H and O–H groups in total. The van der Waals surface area contributed by atoms with Gasteiger partial charge >= 0.3 is 0 Å². The molecule has 2 rings (SSSR count). The quantitative estimate of drug-likeness (QED) is 0.746. The van der Waals surface area contributed by atoms with Gasteiger partial charge in [-0.3, -0.25) is 5.32 Å². The minimum Gasteiger partial charge on any atom is -0.381 e. The van der Waals surface area contributed by atoms with E-state index in [1.165, 1.54) is 0 Å². The Labute approximate surface area is 90.5 Å². The zero-order chi connectivity index (χ0) is 10.7. The van der Waals surface area contributed by atoms with Crippen molar-refractivity contribution in [3.8, 4) is 6.07 Å². The van der Waals surface area contributed by atoms with Crippen LogP contribution in [0.15, 0.2) is 0 Å². The summed E-state index contributed by atoms with van der Waals surface area (Å²) in [4.78, 5) is 0. The molecule has 1 aliphatic carbocycles. The van der Waals surface area contributed by atoms with Crippen molar-refractivity contribution < 1.29 is 9.47 Å². The highest BCUT2D eigenvalue weighted by Gasteiger charge is 2.45. The number of ether oxygens (including phenoxy) is 2. The van der Waals surface area contributed by atoms with Crippen molar-refractivity contribution in [3.63, 3.8) is 0 Å². The van der Waals surface area contributed by atoms with Crippen LogP contribution in [0.25, 0.3) is 0 Å². The molecular weight excluding hydrogens is 192 g/mol. The van der Waals surface area contributed by atoms with Crippen molar-refractivity contribution in [1.29, 1.82) is 5.26 Å². The van der Waals surface area contributed by atoms with Crippen LogP contribution in [0.3, 0.4) is 0 Å². The van der Waals surface area contributed by atoms with Gasteiger partial charge in [-0.05, 0) is 12.8 Å². The summed E-state index contributed by atoms with van der Waals surface area (Å²) < 4.78 is 10.7. The van der Waals surface area contributed by atoms with E-state index < -0.39 is 0 Å². The lowest BCUT2D eigenvalue weighted by Gasteiger charge is -2.42. The Balaban J connectivity index is 1.75.